The molecular formula is C19H22BrNO2. The summed E-state index contributed by atoms with van der Waals surface area (Å²) in [5, 5.41) is 2.88. The predicted octanol–water partition coefficient (Wildman–Crippen LogP) is 5.20. The summed E-state index contributed by atoms with van der Waals surface area (Å²) < 4.78 is 6.62. The normalized spacial score (nSPS) is 11.8. The topological polar surface area (TPSA) is 38.3 Å². The van der Waals surface area contributed by atoms with Crippen LogP contribution in [0.1, 0.15) is 32.3 Å². The van der Waals surface area contributed by atoms with E-state index in [1.54, 1.807) is 6.92 Å². The van der Waals surface area contributed by atoms with Gasteiger partial charge in [-0.1, -0.05) is 41.4 Å². The van der Waals surface area contributed by atoms with E-state index in [1.807, 2.05) is 36.4 Å². The highest BCUT2D eigenvalue weighted by atomic mass is 79.9. The highest BCUT2D eigenvalue weighted by Gasteiger charge is 2.14. The van der Waals surface area contributed by atoms with Crippen LogP contribution in [-0.4, -0.2) is 12.0 Å². The number of amides is 1. The van der Waals surface area contributed by atoms with Crippen molar-refractivity contribution in [2.45, 2.75) is 39.2 Å². The van der Waals surface area contributed by atoms with Crippen molar-refractivity contribution in [1.29, 1.82) is 0 Å². The quantitative estimate of drug-likeness (QED) is 0.722. The Bertz CT molecular complexity index is 623. The molecule has 0 aliphatic heterocycles. The summed E-state index contributed by atoms with van der Waals surface area (Å²) in [7, 11) is 0. The molecule has 0 fully saturated rings. The molecule has 0 unspecified atom stereocenters. The van der Waals surface area contributed by atoms with Gasteiger partial charge >= 0.3 is 0 Å². The van der Waals surface area contributed by atoms with Gasteiger partial charge in [0.1, 0.15) is 5.75 Å². The lowest BCUT2D eigenvalue weighted by atomic mass is 10.1. The van der Waals surface area contributed by atoms with Crippen LogP contribution in [0.4, 0.5) is 5.69 Å². The zero-order valence-electron chi connectivity index (χ0n) is 13.5. The van der Waals surface area contributed by atoms with Gasteiger partial charge in [-0.2, -0.15) is 0 Å². The molecule has 3 nitrogen and oxygen atoms in total. The number of aryl methyl sites for hydroxylation is 1. The summed E-state index contributed by atoms with van der Waals surface area (Å²) >= 11 is 3.37. The van der Waals surface area contributed by atoms with Crippen molar-refractivity contribution in [3.8, 4) is 5.75 Å². The first-order chi connectivity index (χ1) is 11.1. The second-order valence-electron chi connectivity index (χ2n) is 5.50. The van der Waals surface area contributed by atoms with Crippen molar-refractivity contribution in [3.63, 3.8) is 0 Å². The van der Waals surface area contributed by atoms with E-state index in [2.05, 4.69) is 40.3 Å². The molecular weight excluding hydrogens is 354 g/mol. The number of hydrogen-bond acceptors (Lipinski definition) is 2. The van der Waals surface area contributed by atoms with E-state index >= 15 is 0 Å². The first-order valence-corrected chi connectivity index (χ1v) is 8.70. The molecule has 4 heteroatoms. The molecule has 0 aliphatic rings. The van der Waals surface area contributed by atoms with E-state index in [0.29, 0.717) is 5.75 Å². The highest BCUT2D eigenvalue weighted by molar-refractivity contribution is 9.10. The van der Waals surface area contributed by atoms with E-state index < -0.39 is 6.10 Å². The minimum Gasteiger partial charge on any atom is -0.481 e. The molecule has 0 bridgehead atoms. The number of carbonyl (C=O) groups excluding carboxylic acids is 1. The van der Waals surface area contributed by atoms with E-state index in [1.165, 1.54) is 18.4 Å². The van der Waals surface area contributed by atoms with Gasteiger partial charge in [0.2, 0.25) is 0 Å². The van der Waals surface area contributed by atoms with Gasteiger partial charge in [0.25, 0.3) is 5.91 Å². The Kier molecular flexibility index (Phi) is 6.66. The van der Waals surface area contributed by atoms with Gasteiger partial charge in [-0.25, -0.2) is 0 Å². The number of nitrogens with one attached hydrogen (secondary N) is 1. The zero-order valence-corrected chi connectivity index (χ0v) is 15.1. The van der Waals surface area contributed by atoms with E-state index in [9.17, 15) is 4.79 Å². The molecule has 2 rings (SSSR count). The lowest BCUT2D eigenvalue weighted by molar-refractivity contribution is -0.122. The number of ether oxygens (including phenoxy) is 1. The number of unbranched alkanes of at least 4 members (excludes halogenated alkanes) is 1. The SMILES string of the molecule is CCCCc1ccc(NC(=O)[C@@H](C)Oc2ccc(Br)cc2)cc1. The molecule has 0 saturated carbocycles. The average molecular weight is 376 g/mol. The van der Waals surface area contributed by atoms with Crippen LogP contribution in [0.15, 0.2) is 53.0 Å². The van der Waals surface area contributed by atoms with Crippen LogP contribution < -0.4 is 10.1 Å². The molecule has 0 radical (unpaired) electrons. The number of anilines is 1. The van der Waals surface area contributed by atoms with E-state index in [-0.39, 0.29) is 5.91 Å². The third-order valence-electron chi connectivity index (χ3n) is 3.54. The van der Waals surface area contributed by atoms with Gasteiger partial charge in [0.05, 0.1) is 0 Å². The van der Waals surface area contributed by atoms with Crippen LogP contribution in [0.25, 0.3) is 0 Å². The summed E-state index contributed by atoms with van der Waals surface area (Å²) in [6, 6.07) is 15.4. The monoisotopic (exact) mass is 375 g/mol. The Morgan fingerprint density at radius 2 is 1.78 bits per heavy atom. The van der Waals surface area contributed by atoms with Crippen LogP contribution in [0.2, 0.25) is 0 Å². The van der Waals surface area contributed by atoms with Crippen LogP contribution in [0.3, 0.4) is 0 Å². The summed E-state index contributed by atoms with van der Waals surface area (Å²) in [5.74, 6) is 0.514. The number of halogens is 1. The Labute approximate surface area is 146 Å². The van der Waals surface area contributed by atoms with Gasteiger partial charge in [0.15, 0.2) is 6.10 Å². The Balaban J connectivity index is 1.88. The number of carbonyl (C=O) groups is 1. The fourth-order valence-corrected chi connectivity index (χ4v) is 2.41. The molecule has 0 heterocycles. The lowest BCUT2D eigenvalue weighted by Crippen LogP contribution is -2.30. The van der Waals surface area contributed by atoms with Crippen molar-refractivity contribution in [3.05, 3.63) is 58.6 Å². The fraction of sp³-hybridized carbons (Fsp3) is 0.316. The van der Waals surface area contributed by atoms with Crippen molar-refractivity contribution in [2.24, 2.45) is 0 Å². The van der Waals surface area contributed by atoms with E-state index in [0.717, 1.165) is 16.6 Å². The second kappa shape index (κ2) is 8.73. The molecule has 1 N–H and O–H groups in total. The standard InChI is InChI=1S/C19H22BrNO2/c1-3-4-5-15-6-10-17(11-7-15)21-19(22)14(2)23-18-12-8-16(20)9-13-18/h6-14H,3-5H2,1-2H3,(H,21,22)/t14-/m1/s1. The van der Waals surface area contributed by atoms with Crippen LogP contribution in [0, 0.1) is 0 Å². The molecule has 0 aliphatic carbocycles. The summed E-state index contributed by atoms with van der Waals surface area (Å²) in [6.45, 7) is 3.93. The zero-order chi connectivity index (χ0) is 16.7. The minimum atomic E-state index is -0.559. The molecule has 1 amide bonds. The molecule has 23 heavy (non-hydrogen) atoms. The molecule has 0 aromatic heterocycles. The largest absolute Gasteiger partial charge is 0.481 e. The third-order valence-corrected chi connectivity index (χ3v) is 4.06. The Morgan fingerprint density at radius 1 is 1.13 bits per heavy atom. The van der Waals surface area contributed by atoms with Crippen molar-refractivity contribution in [1.82, 2.24) is 0 Å². The maximum absolute atomic E-state index is 12.2. The number of rotatable bonds is 7. The third kappa shape index (κ3) is 5.71. The summed E-state index contributed by atoms with van der Waals surface area (Å²) in [4.78, 5) is 12.2. The van der Waals surface area contributed by atoms with Crippen LogP contribution in [-0.2, 0) is 11.2 Å². The first kappa shape index (κ1) is 17.5. The molecule has 0 spiro atoms. The van der Waals surface area contributed by atoms with Gasteiger partial charge in [0, 0.05) is 10.2 Å². The van der Waals surface area contributed by atoms with Gasteiger partial charge in [-0.3, -0.25) is 4.79 Å². The average Bonchev–Trinajstić information content (AvgIpc) is 2.56. The van der Waals surface area contributed by atoms with Crippen molar-refractivity contribution in [2.75, 3.05) is 5.32 Å². The summed E-state index contributed by atoms with van der Waals surface area (Å²) in [5.41, 5.74) is 2.09. The Hall–Kier alpha value is -1.81. The first-order valence-electron chi connectivity index (χ1n) is 7.90. The van der Waals surface area contributed by atoms with Gasteiger partial charge < -0.3 is 10.1 Å². The fourth-order valence-electron chi connectivity index (χ4n) is 2.15. The van der Waals surface area contributed by atoms with Crippen LogP contribution in [0.5, 0.6) is 5.75 Å². The second-order valence-corrected chi connectivity index (χ2v) is 6.42. The Morgan fingerprint density at radius 3 is 2.39 bits per heavy atom. The lowest BCUT2D eigenvalue weighted by Gasteiger charge is -2.15. The van der Waals surface area contributed by atoms with E-state index in [4.69, 9.17) is 4.74 Å². The maximum Gasteiger partial charge on any atom is 0.265 e. The molecule has 2 aromatic carbocycles. The predicted molar refractivity (Wildman–Crippen MR) is 97.9 cm³/mol. The number of benzene rings is 2. The molecule has 2 aromatic rings. The van der Waals surface area contributed by atoms with Crippen LogP contribution >= 0.6 is 15.9 Å². The maximum atomic E-state index is 12.2. The molecule has 1 atom stereocenters. The smallest absolute Gasteiger partial charge is 0.265 e. The highest BCUT2D eigenvalue weighted by Crippen LogP contribution is 2.18. The van der Waals surface area contributed by atoms with Crippen molar-refractivity contribution >= 4 is 27.5 Å². The van der Waals surface area contributed by atoms with Gasteiger partial charge in [-0.05, 0) is 61.7 Å². The van der Waals surface area contributed by atoms with Gasteiger partial charge in [-0.15, -0.1) is 0 Å². The minimum absolute atomic E-state index is 0.158. The molecule has 122 valence electrons. The summed E-state index contributed by atoms with van der Waals surface area (Å²) in [6.07, 6.45) is 2.89. The molecule has 0 saturated heterocycles. The number of hydrogen-bond donors (Lipinski definition) is 1. The van der Waals surface area contributed by atoms with Crippen molar-refractivity contribution < 1.29 is 9.53 Å².